The van der Waals surface area contributed by atoms with Crippen molar-refractivity contribution in [3.63, 3.8) is 0 Å². The van der Waals surface area contributed by atoms with Crippen LogP contribution in [0.15, 0.2) is 21.2 Å². The van der Waals surface area contributed by atoms with Crippen LogP contribution < -0.4 is 10.6 Å². The Hall–Kier alpha value is -1.40. The van der Waals surface area contributed by atoms with Crippen molar-refractivity contribution in [1.82, 2.24) is 10.2 Å². The number of hydrogen-bond acceptors (Lipinski definition) is 6. The molecule has 0 aliphatic rings. The Labute approximate surface area is 97.9 Å². The lowest BCUT2D eigenvalue weighted by Gasteiger charge is -2.12. The summed E-state index contributed by atoms with van der Waals surface area (Å²) in [5, 5.41) is 12.1. The lowest BCUT2D eigenvalue weighted by atomic mass is 10.3. The number of nitrogens with zero attached hydrogens (tertiary/aromatic N) is 3. The van der Waals surface area contributed by atoms with E-state index < -0.39 is 0 Å². The number of aromatic nitrogens is 2. The summed E-state index contributed by atoms with van der Waals surface area (Å²) < 4.78 is 5.46. The Balaban J connectivity index is 2.00. The summed E-state index contributed by atoms with van der Waals surface area (Å²) in [5.41, 5.74) is 6.66. The molecular weight excluding hydrogens is 224 g/mol. The van der Waals surface area contributed by atoms with E-state index in [4.69, 9.17) is 10.2 Å². The van der Waals surface area contributed by atoms with Crippen LogP contribution in [0, 0.1) is 0 Å². The molecule has 0 amide bonds. The predicted octanol–water partition coefficient (Wildman–Crippen LogP) is 1.27. The van der Waals surface area contributed by atoms with Crippen molar-refractivity contribution < 1.29 is 4.42 Å². The quantitative estimate of drug-likeness (QED) is 0.849. The van der Waals surface area contributed by atoms with Gasteiger partial charge in [-0.05, 0) is 22.4 Å². The van der Waals surface area contributed by atoms with Gasteiger partial charge in [0.1, 0.15) is 0 Å². The van der Waals surface area contributed by atoms with Crippen molar-refractivity contribution in [1.29, 1.82) is 0 Å². The number of thiophene rings is 1. The Kier molecular flexibility index (Phi) is 3.53. The summed E-state index contributed by atoms with van der Waals surface area (Å²) in [6, 6.07) is 2.62. The van der Waals surface area contributed by atoms with Crippen LogP contribution in [0.5, 0.6) is 0 Å². The van der Waals surface area contributed by atoms with Crippen LogP contribution in [0.2, 0.25) is 0 Å². The molecule has 16 heavy (non-hydrogen) atoms. The van der Waals surface area contributed by atoms with E-state index in [1.54, 1.807) is 11.3 Å². The molecular formula is C10H14N4OS. The fraction of sp³-hybridized carbons (Fsp3) is 0.400. The standard InChI is InChI=1S/C10H14N4OS/c1-14(6-8-3-5-16-7-8)10-13-12-9(15-10)2-4-11/h3,5,7H,2,4,6,11H2,1H3. The summed E-state index contributed by atoms with van der Waals surface area (Å²) in [6.45, 7) is 1.30. The lowest BCUT2D eigenvalue weighted by Crippen LogP contribution is -2.16. The average molecular weight is 238 g/mol. The van der Waals surface area contributed by atoms with Crippen molar-refractivity contribution >= 4 is 17.4 Å². The maximum Gasteiger partial charge on any atom is 0.318 e. The summed E-state index contributed by atoms with van der Waals surface area (Å²) in [6.07, 6.45) is 0.624. The largest absolute Gasteiger partial charge is 0.408 e. The highest BCUT2D eigenvalue weighted by atomic mass is 32.1. The highest BCUT2D eigenvalue weighted by Gasteiger charge is 2.10. The highest BCUT2D eigenvalue weighted by molar-refractivity contribution is 7.07. The summed E-state index contributed by atoms with van der Waals surface area (Å²) in [5.74, 6) is 0.592. The predicted molar refractivity (Wildman–Crippen MR) is 63.5 cm³/mol. The average Bonchev–Trinajstić information content (AvgIpc) is 2.89. The molecule has 2 aromatic heterocycles. The number of nitrogens with two attached hydrogens (primary N) is 1. The van der Waals surface area contributed by atoms with E-state index in [0.717, 1.165) is 6.54 Å². The molecule has 0 fully saturated rings. The van der Waals surface area contributed by atoms with Crippen LogP contribution in [0.4, 0.5) is 6.01 Å². The molecule has 0 saturated carbocycles. The van der Waals surface area contributed by atoms with E-state index in [2.05, 4.69) is 27.0 Å². The molecule has 0 radical (unpaired) electrons. The van der Waals surface area contributed by atoms with E-state index in [1.807, 2.05) is 11.9 Å². The second kappa shape index (κ2) is 5.09. The van der Waals surface area contributed by atoms with Gasteiger partial charge in [0.15, 0.2) is 0 Å². The van der Waals surface area contributed by atoms with Crippen LogP contribution in [-0.2, 0) is 13.0 Å². The molecule has 2 N–H and O–H groups in total. The Bertz CT molecular complexity index is 426. The molecule has 0 aromatic carbocycles. The number of rotatable bonds is 5. The van der Waals surface area contributed by atoms with Crippen molar-refractivity contribution in [2.24, 2.45) is 5.73 Å². The molecule has 0 aliphatic heterocycles. The minimum atomic E-state index is 0.524. The van der Waals surface area contributed by atoms with Gasteiger partial charge in [0, 0.05) is 26.6 Å². The monoisotopic (exact) mass is 238 g/mol. The zero-order chi connectivity index (χ0) is 11.4. The first-order valence-electron chi connectivity index (χ1n) is 5.04. The molecule has 86 valence electrons. The molecule has 0 atom stereocenters. The van der Waals surface area contributed by atoms with Gasteiger partial charge in [-0.1, -0.05) is 5.10 Å². The van der Waals surface area contributed by atoms with Crippen LogP contribution in [0.1, 0.15) is 11.5 Å². The van der Waals surface area contributed by atoms with Crippen LogP contribution in [-0.4, -0.2) is 23.8 Å². The maximum absolute atomic E-state index is 5.46. The van der Waals surface area contributed by atoms with Gasteiger partial charge in [-0.25, -0.2) is 0 Å². The van der Waals surface area contributed by atoms with E-state index in [-0.39, 0.29) is 0 Å². The van der Waals surface area contributed by atoms with Crippen molar-refractivity contribution in [2.45, 2.75) is 13.0 Å². The Morgan fingerprint density at radius 2 is 2.38 bits per heavy atom. The molecule has 0 aliphatic carbocycles. The number of hydrogen-bond donors (Lipinski definition) is 1. The molecule has 6 heteroatoms. The molecule has 2 heterocycles. The van der Waals surface area contributed by atoms with E-state index in [9.17, 15) is 0 Å². The molecule has 0 saturated heterocycles. The zero-order valence-corrected chi connectivity index (χ0v) is 9.91. The summed E-state index contributed by atoms with van der Waals surface area (Å²) >= 11 is 1.68. The van der Waals surface area contributed by atoms with Gasteiger partial charge in [0.25, 0.3) is 0 Å². The van der Waals surface area contributed by atoms with Crippen LogP contribution >= 0.6 is 11.3 Å². The van der Waals surface area contributed by atoms with Gasteiger partial charge >= 0.3 is 6.01 Å². The first-order valence-corrected chi connectivity index (χ1v) is 5.98. The third-order valence-corrected chi connectivity index (χ3v) is 2.87. The topological polar surface area (TPSA) is 68.2 Å². The van der Waals surface area contributed by atoms with Crippen molar-refractivity contribution in [2.75, 3.05) is 18.5 Å². The normalized spacial score (nSPS) is 10.6. The van der Waals surface area contributed by atoms with Gasteiger partial charge in [0.05, 0.1) is 0 Å². The maximum atomic E-state index is 5.46. The van der Waals surface area contributed by atoms with Gasteiger partial charge in [-0.15, -0.1) is 5.10 Å². The van der Waals surface area contributed by atoms with E-state index in [1.165, 1.54) is 5.56 Å². The molecule has 2 aromatic rings. The second-order valence-corrected chi connectivity index (χ2v) is 4.28. The van der Waals surface area contributed by atoms with E-state index >= 15 is 0 Å². The fourth-order valence-corrected chi connectivity index (χ4v) is 2.01. The smallest absolute Gasteiger partial charge is 0.318 e. The lowest BCUT2D eigenvalue weighted by molar-refractivity contribution is 0.490. The fourth-order valence-electron chi connectivity index (χ4n) is 1.35. The van der Waals surface area contributed by atoms with Crippen molar-refractivity contribution in [3.05, 3.63) is 28.3 Å². The summed E-state index contributed by atoms with van der Waals surface area (Å²) in [4.78, 5) is 1.93. The number of anilines is 1. The third-order valence-electron chi connectivity index (χ3n) is 2.14. The molecule has 2 rings (SSSR count). The van der Waals surface area contributed by atoms with Crippen molar-refractivity contribution in [3.8, 4) is 0 Å². The van der Waals surface area contributed by atoms with Gasteiger partial charge in [0.2, 0.25) is 5.89 Å². The summed E-state index contributed by atoms with van der Waals surface area (Å²) in [7, 11) is 1.93. The molecule has 0 unspecified atom stereocenters. The van der Waals surface area contributed by atoms with Crippen LogP contribution in [0.3, 0.4) is 0 Å². The Morgan fingerprint density at radius 1 is 1.50 bits per heavy atom. The minimum Gasteiger partial charge on any atom is -0.408 e. The molecule has 5 nitrogen and oxygen atoms in total. The minimum absolute atomic E-state index is 0.524. The highest BCUT2D eigenvalue weighted by Crippen LogP contribution is 2.15. The van der Waals surface area contributed by atoms with E-state index in [0.29, 0.717) is 24.9 Å². The first kappa shape index (κ1) is 11.1. The molecule has 0 bridgehead atoms. The van der Waals surface area contributed by atoms with Gasteiger partial charge < -0.3 is 15.1 Å². The van der Waals surface area contributed by atoms with Gasteiger partial charge in [-0.3, -0.25) is 0 Å². The second-order valence-electron chi connectivity index (χ2n) is 3.50. The first-order chi connectivity index (χ1) is 7.79. The molecule has 0 spiro atoms. The van der Waals surface area contributed by atoms with Gasteiger partial charge in [-0.2, -0.15) is 11.3 Å². The Morgan fingerprint density at radius 3 is 3.06 bits per heavy atom. The van der Waals surface area contributed by atoms with Crippen LogP contribution in [0.25, 0.3) is 0 Å². The zero-order valence-electron chi connectivity index (χ0n) is 9.09. The third kappa shape index (κ3) is 2.59. The SMILES string of the molecule is CN(Cc1ccsc1)c1nnc(CCN)o1.